The molecule has 1 amide bonds. The first-order valence-electron chi connectivity index (χ1n) is 6.40. The Labute approximate surface area is 108 Å². The van der Waals surface area contributed by atoms with Crippen LogP contribution in [0.25, 0.3) is 0 Å². The van der Waals surface area contributed by atoms with Crippen molar-refractivity contribution in [3.63, 3.8) is 0 Å². The lowest BCUT2D eigenvalue weighted by Crippen LogP contribution is -2.62. The number of piperazine rings is 1. The second kappa shape index (κ2) is 5.40. The number of benzene rings is 1. The fourth-order valence-electron chi connectivity index (χ4n) is 2.44. The van der Waals surface area contributed by atoms with E-state index in [4.69, 9.17) is 0 Å². The lowest BCUT2D eigenvalue weighted by molar-refractivity contribution is -0.124. The molecule has 2 unspecified atom stereocenters. The third kappa shape index (κ3) is 2.64. The summed E-state index contributed by atoms with van der Waals surface area (Å²) in [4.78, 5) is 14.3. The average Bonchev–Trinajstić information content (AvgIpc) is 2.32. The first-order valence-corrected chi connectivity index (χ1v) is 6.40. The van der Waals surface area contributed by atoms with E-state index in [1.807, 2.05) is 20.0 Å². The van der Waals surface area contributed by atoms with Crippen LogP contribution < -0.4 is 15.5 Å². The van der Waals surface area contributed by atoms with Crippen LogP contribution in [0.3, 0.4) is 0 Å². The zero-order valence-electron chi connectivity index (χ0n) is 11.2. The summed E-state index contributed by atoms with van der Waals surface area (Å²) in [6.45, 7) is 5.62. The van der Waals surface area contributed by atoms with Gasteiger partial charge in [-0.05, 0) is 38.6 Å². The van der Waals surface area contributed by atoms with Crippen LogP contribution in [0.5, 0.6) is 0 Å². The number of carbonyl (C=O) groups excluding carboxylic acids is 1. The van der Waals surface area contributed by atoms with Gasteiger partial charge in [-0.2, -0.15) is 0 Å². The number of hydrogen-bond donors (Lipinski definition) is 2. The van der Waals surface area contributed by atoms with Crippen molar-refractivity contribution in [2.75, 3.05) is 25.0 Å². The molecular formula is C14H21N3O. The van der Waals surface area contributed by atoms with Gasteiger partial charge in [-0.1, -0.05) is 12.1 Å². The van der Waals surface area contributed by atoms with E-state index >= 15 is 0 Å². The largest absolute Gasteiger partial charge is 0.356 e. The number of nitrogens with zero attached hydrogens (tertiary/aromatic N) is 1. The zero-order valence-corrected chi connectivity index (χ0v) is 11.2. The van der Waals surface area contributed by atoms with E-state index < -0.39 is 0 Å². The predicted molar refractivity (Wildman–Crippen MR) is 73.8 cm³/mol. The Kier molecular flexibility index (Phi) is 3.87. The van der Waals surface area contributed by atoms with Crippen LogP contribution in [-0.2, 0) is 4.79 Å². The van der Waals surface area contributed by atoms with E-state index in [0.717, 1.165) is 12.2 Å². The molecular weight excluding hydrogens is 226 g/mol. The molecule has 1 heterocycles. The van der Waals surface area contributed by atoms with Gasteiger partial charge in [-0.3, -0.25) is 4.79 Å². The van der Waals surface area contributed by atoms with Crippen molar-refractivity contribution in [1.29, 1.82) is 0 Å². The molecule has 1 aliphatic rings. The van der Waals surface area contributed by atoms with E-state index in [1.165, 1.54) is 5.56 Å². The van der Waals surface area contributed by atoms with E-state index in [9.17, 15) is 4.79 Å². The Balaban J connectivity index is 2.28. The third-order valence-electron chi connectivity index (χ3n) is 3.27. The Morgan fingerprint density at radius 3 is 2.94 bits per heavy atom. The van der Waals surface area contributed by atoms with Crippen LogP contribution in [0.2, 0.25) is 0 Å². The van der Waals surface area contributed by atoms with Crippen molar-refractivity contribution in [3.8, 4) is 0 Å². The molecule has 4 heteroatoms. The van der Waals surface area contributed by atoms with Crippen LogP contribution in [0.4, 0.5) is 5.69 Å². The molecule has 0 radical (unpaired) electrons. The monoisotopic (exact) mass is 247 g/mol. The van der Waals surface area contributed by atoms with Gasteiger partial charge in [0.05, 0.1) is 0 Å². The summed E-state index contributed by atoms with van der Waals surface area (Å²) in [5.41, 5.74) is 2.34. The summed E-state index contributed by atoms with van der Waals surface area (Å²) in [6.07, 6.45) is 0. The number of anilines is 1. The lowest BCUT2D eigenvalue weighted by Gasteiger charge is -2.40. The highest BCUT2D eigenvalue weighted by Gasteiger charge is 2.32. The van der Waals surface area contributed by atoms with Crippen molar-refractivity contribution in [3.05, 3.63) is 29.8 Å². The van der Waals surface area contributed by atoms with Crippen LogP contribution in [0.1, 0.15) is 12.5 Å². The highest BCUT2D eigenvalue weighted by Crippen LogP contribution is 2.21. The minimum atomic E-state index is -0.131. The summed E-state index contributed by atoms with van der Waals surface area (Å²) in [6, 6.07) is 8.37. The summed E-state index contributed by atoms with van der Waals surface area (Å²) in [5.74, 6) is 0.101. The quantitative estimate of drug-likeness (QED) is 0.834. The molecule has 1 saturated heterocycles. The summed E-state index contributed by atoms with van der Waals surface area (Å²) < 4.78 is 0. The van der Waals surface area contributed by atoms with E-state index in [2.05, 4.69) is 40.7 Å². The van der Waals surface area contributed by atoms with Gasteiger partial charge in [-0.25, -0.2) is 0 Å². The maximum absolute atomic E-state index is 12.1. The summed E-state index contributed by atoms with van der Waals surface area (Å²) in [5, 5.41) is 6.10. The molecule has 1 fully saturated rings. The van der Waals surface area contributed by atoms with Crippen LogP contribution >= 0.6 is 0 Å². The molecule has 2 atom stereocenters. The average molecular weight is 247 g/mol. The van der Waals surface area contributed by atoms with Gasteiger partial charge in [0.2, 0.25) is 5.91 Å². The smallest absolute Gasteiger partial charge is 0.244 e. The highest BCUT2D eigenvalue weighted by molar-refractivity contribution is 5.87. The van der Waals surface area contributed by atoms with Gasteiger partial charge in [0.25, 0.3) is 0 Å². The normalized spacial score (nSPS) is 23.9. The van der Waals surface area contributed by atoms with Crippen molar-refractivity contribution >= 4 is 11.6 Å². The maximum Gasteiger partial charge on any atom is 0.244 e. The molecule has 2 rings (SSSR count). The summed E-state index contributed by atoms with van der Waals surface area (Å²) >= 11 is 0. The maximum atomic E-state index is 12.1. The van der Waals surface area contributed by atoms with Crippen molar-refractivity contribution < 1.29 is 4.79 Å². The second-order valence-electron chi connectivity index (χ2n) is 4.97. The fourth-order valence-corrected chi connectivity index (χ4v) is 2.44. The fraction of sp³-hybridized carbons (Fsp3) is 0.500. The third-order valence-corrected chi connectivity index (χ3v) is 3.27. The number of likely N-dealkylation sites (N-methyl/N-ethyl adjacent to an activating group) is 1. The van der Waals surface area contributed by atoms with Gasteiger partial charge in [0.1, 0.15) is 6.04 Å². The molecule has 1 aliphatic heterocycles. The first kappa shape index (κ1) is 12.9. The van der Waals surface area contributed by atoms with Gasteiger partial charge in [0, 0.05) is 24.8 Å². The Bertz CT molecular complexity index is 433. The van der Waals surface area contributed by atoms with Crippen LogP contribution in [0.15, 0.2) is 24.3 Å². The Hall–Kier alpha value is -1.55. The predicted octanol–water partition coefficient (Wildman–Crippen LogP) is 0.908. The molecule has 1 aromatic rings. The van der Waals surface area contributed by atoms with Gasteiger partial charge < -0.3 is 15.5 Å². The number of rotatable bonds is 3. The molecule has 18 heavy (non-hydrogen) atoms. The Morgan fingerprint density at radius 1 is 1.50 bits per heavy atom. The molecule has 0 saturated carbocycles. The van der Waals surface area contributed by atoms with E-state index in [1.54, 1.807) is 0 Å². The number of aryl methyl sites for hydroxylation is 1. The first-order chi connectivity index (χ1) is 8.61. The lowest BCUT2D eigenvalue weighted by atomic mass is 10.1. The SMILES string of the molecule is CNCC1C(=O)NC(C)CN1c1cccc(C)c1. The van der Waals surface area contributed by atoms with E-state index in [-0.39, 0.29) is 18.0 Å². The van der Waals surface area contributed by atoms with Gasteiger partial charge in [0.15, 0.2) is 0 Å². The molecule has 0 bridgehead atoms. The van der Waals surface area contributed by atoms with E-state index in [0.29, 0.717) is 6.54 Å². The number of amides is 1. The Morgan fingerprint density at radius 2 is 2.28 bits per heavy atom. The van der Waals surface area contributed by atoms with Crippen LogP contribution in [-0.4, -0.2) is 38.1 Å². The zero-order chi connectivity index (χ0) is 13.1. The second-order valence-corrected chi connectivity index (χ2v) is 4.97. The molecule has 2 N–H and O–H groups in total. The molecule has 4 nitrogen and oxygen atoms in total. The summed E-state index contributed by atoms with van der Waals surface area (Å²) in [7, 11) is 1.87. The number of nitrogens with one attached hydrogen (secondary N) is 2. The van der Waals surface area contributed by atoms with Crippen molar-refractivity contribution in [1.82, 2.24) is 10.6 Å². The van der Waals surface area contributed by atoms with Crippen LogP contribution in [0, 0.1) is 6.92 Å². The van der Waals surface area contributed by atoms with Crippen molar-refractivity contribution in [2.24, 2.45) is 0 Å². The minimum Gasteiger partial charge on any atom is -0.356 e. The van der Waals surface area contributed by atoms with Gasteiger partial charge >= 0.3 is 0 Å². The highest BCUT2D eigenvalue weighted by atomic mass is 16.2. The molecule has 0 spiro atoms. The molecule has 1 aromatic carbocycles. The minimum absolute atomic E-state index is 0.101. The number of hydrogen-bond acceptors (Lipinski definition) is 3. The standard InChI is InChI=1S/C14H21N3O/c1-10-5-4-6-12(7-10)17-9-11(2)16-14(18)13(17)8-15-3/h4-7,11,13,15H,8-9H2,1-3H3,(H,16,18). The molecule has 98 valence electrons. The molecule has 0 aromatic heterocycles. The number of carbonyl (C=O) groups is 1. The topological polar surface area (TPSA) is 44.4 Å². The molecule has 0 aliphatic carbocycles. The van der Waals surface area contributed by atoms with Crippen molar-refractivity contribution in [2.45, 2.75) is 25.9 Å². The van der Waals surface area contributed by atoms with Gasteiger partial charge in [-0.15, -0.1) is 0 Å².